The van der Waals surface area contributed by atoms with Crippen molar-refractivity contribution >= 4 is 0 Å². The molecule has 1 fully saturated rings. The molecule has 0 aliphatic carbocycles. The maximum absolute atomic E-state index is 12.1. The van der Waals surface area contributed by atoms with Gasteiger partial charge in [-0.05, 0) is 19.3 Å². The van der Waals surface area contributed by atoms with Crippen LogP contribution in [-0.4, -0.2) is 37.3 Å². The van der Waals surface area contributed by atoms with Gasteiger partial charge in [-0.15, -0.1) is 0 Å². The Labute approximate surface area is 70.8 Å². The van der Waals surface area contributed by atoms with Gasteiger partial charge in [0.05, 0.1) is 20.1 Å². The fourth-order valence-electron chi connectivity index (χ4n) is 1.87. The smallest absolute Gasteiger partial charge is 0.319 e. The minimum absolute atomic E-state index is 0.184. The van der Waals surface area contributed by atoms with Crippen LogP contribution in [0, 0.1) is 0 Å². The molecule has 0 saturated carbocycles. The lowest BCUT2D eigenvalue weighted by Crippen LogP contribution is -2.52. The highest BCUT2D eigenvalue weighted by molar-refractivity contribution is 4.55. The Morgan fingerprint density at radius 1 is 1.08 bits per heavy atom. The molecule has 0 atom stereocenters. The Balaban J connectivity index is 2.47. The van der Waals surface area contributed by atoms with Gasteiger partial charge in [0.15, 0.2) is 6.54 Å². The predicted molar refractivity (Wildman–Crippen MR) is 40.7 cm³/mol. The molecule has 0 aromatic heterocycles. The highest BCUT2D eigenvalue weighted by Gasteiger charge is 2.40. The molecule has 0 aromatic rings. The maximum atomic E-state index is 12.1. The van der Waals surface area contributed by atoms with E-state index in [2.05, 4.69) is 0 Å². The first-order valence-electron chi connectivity index (χ1n) is 4.32. The van der Waals surface area contributed by atoms with Crippen LogP contribution in [-0.2, 0) is 0 Å². The maximum Gasteiger partial charge on any atom is 0.438 e. The molecule has 1 heterocycles. The molecule has 0 spiro atoms. The van der Waals surface area contributed by atoms with Crippen molar-refractivity contribution in [3.63, 3.8) is 0 Å². The van der Waals surface area contributed by atoms with Crippen LogP contribution in [0.4, 0.5) is 13.2 Å². The van der Waals surface area contributed by atoms with Crippen molar-refractivity contribution in [2.24, 2.45) is 0 Å². The van der Waals surface area contributed by atoms with Crippen LogP contribution in [0.1, 0.15) is 19.3 Å². The molecule has 1 aliphatic rings. The molecule has 0 radical (unpaired) electrons. The number of nitrogens with zero attached hydrogens (tertiary/aromatic N) is 1. The molecule has 1 aliphatic heterocycles. The summed E-state index contributed by atoms with van der Waals surface area (Å²) in [5.74, 6) is 0. The lowest BCUT2D eigenvalue weighted by Gasteiger charge is -2.38. The van der Waals surface area contributed by atoms with Crippen LogP contribution in [0.15, 0.2) is 0 Å². The van der Waals surface area contributed by atoms with Gasteiger partial charge in [0.2, 0.25) is 0 Å². The molecule has 0 bridgehead atoms. The van der Waals surface area contributed by atoms with Crippen molar-refractivity contribution in [1.29, 1.82) is 0 Å². The first kappa shape index (κ1) is 9.84. The fraction of sp³-hybridized carbons (Fsp3) is 1.00. The summed E-state index contributed by atoms with van der Waals surface area (Å²) in [7, 11) is 1.70. The average Bonchev–Trinajstić information content (AvgIpc) is 1.83. The Kier molecular flexibility index (Phi) is 2.66. The number of hydrogen-bond donors (Lipinski definition) is 0. The summed E-state index contributed by atoms with van der Waals surface area (Å²) in [5.41, 5.74) is 0. The number of rotatable bonds is 1. The molecule has 0 aromatic carbocycles. The van der Waals surface area contributed by atoms with Gasteiger partial charge < -0.3 is 4.48 Å². The monoisotopic (exact) mass is 182 g/mol. The summed E-state index contributed by atoms with van der Waals surface area (Å²) in [4.78, 5) is 0. The van der Waals surface area contributed by atoms with Crippen molar-refractivity contribution < 1.29 is 17.7 Å². The summed E-state index contributed by atoms with van der Waals surface area (Å²) < 4.78 is 36.4. The third kappa shape index (κ3) is 3.01. The average molecular weight is 182 g/mol. The van der Waals surface area contributed by atoms with E-state index in [4.69, 9.17) is 0 Å². The SMILES string of the molecule is C[N+]1(CC(F)(F)F)CCCCC1. The first-order valence-corrected chi connectivity index (χ1v) is 4.32. The molecule has 0 N–H and O–H groups in total. The lowest BCUT2D eigenvalue weighted by molar-refractivity contribution is -0.923. The molecule has 0 unspecified atom stereocenters. The molecular formula is C8H15F3N+. The molecule has 1 saturated heterocycles. The molecule has 12 heavy (non-hydrogen) atoms. The highest BCUT2D eigenvalue weighted by atomic mass is 19.4. The van der Waals surface area contributed by atoms with Crippen molar-refractivity contribution in [2.75, 3.05) is 26.7 Å². The van der Waals surface area contributed by atoms with Crippen LogP contribution in [0.2, 0.25) is 0 Å². The van der Waals surface area contributed by atoms with Crippen LogP contribution < -0.4 is 0 Å². The van der Waals surface area contributed by atoms with Gasteiger partial charge in [-0.1, -0.05) is 0 Å². The Morgan fingerprint density at radius 2 is 1.58 bits per heavy atom. The van der Waals surface area contributed by atoms with Crippen molar-refractivity contribution in [1.82, 2.24) is 0 Å². The van der Waals surface area contributed by atoms with Crippen molar-refractivity contribution in [3.8, 4) is 0 Å². The van der Waals surface area contributed by atoms with E-state index in [9.17, 15) is 13.2 Å². The lowest BCUT2D eigenvalue weighted by atomic mass is 10.1. The quantitative estimate of drug-likeness (QED) is 0.545. The van der Waals surface area contributed by atoms with E-state index < -0.39 is 12.7 Å². The minimum Gasteiger partial charge on any atom is -0.319 e. The van der Waals surface area contributed by atoms with E-state index in [0.717, 1.165) is 19.3 Å². The summed E-state index contributed by atoms with van der Waals surface area (Å²) in [6, 6.07) is 0. The van der Waals surface area contributed by atoms with E-state index >= 15 is 0 Å². The first-order chi connectivity index (χ1) is 5.41. The second-order valence-corrected chi connectivity index (χ2v) is 3.90. The van der Waals surface area contributed by atoms with Gasteiger partial charge in [0, 0.05) is 0 Å². The zero-order valence-electron chi connectivity index (χ0n) is 7.32. The third-order valence-electron chi connectivity index (χ3n) is 2.46. The zero-order valence-corrected chi connectivity index (χ0v) is 7.32. The second kappa shape index (κ2) is 3.24. The van der Waals surface area contributed by atoms with E-state index in [1.807, 2.05) is 0 Å². The van der Waals surface area contributed by atoms with Crippen molar-refractivity contribution in [3.05, 3.63) is 0 Å². The third-order valence-corrected chi connectivity index (χ3v) is 2.46. The van der Waals surface area contributed by atoms with Gasteiger partial charge in [-0.25, -0.2) is 0 Å². The number of piperidine rings is 1. The number of likely N-dealkylation sites (tertiary alicyclic amines) is 1. The summed E-state index contributed by atoms with van der Waals surface area (Å²) in [6.45, 7) is 0.700. The molecule has 1 rings (SSSR count). The number of alkyl halides is 3. The predicted octanol–water partition coefficient (Wildman–Crippen LogP) is 2.18. The Morgan fingerprint density at radius 3 is 2.00 bits per heavy atom. The largest absolute Gasteiger partial charge is 0.438 e. The van der Waals surface area contributed by atoms with Crippen molar-refractivity contribution in [2.45, 2.75) is 25.4 Å². The van der Waals surface area contributed by atoms with Crippen LogP contribution in [0.25, 0.3) is 0 Å². The molecule has 4 heteroatoms. The topological polar surface area (TPSA) is 0 Å². The number of hydrogen-bond acceptors (Lipinski definition) is 0. The van der Waals surface area contributed by atoms with Gasteiger partial charge in [0.25, 0.3) is 0 Å². The van der Waals surface area contributed by atoms with E-state index in [0.29, 0.717) is 13.1 Å². The van der Waals surface area contributed by atoms with Gasteiger partial charge >= 0.3 is 6.18 Å². The molecule has 0 amide bonds. The molecular weight excluding hydrogens is 167 g/mol. The van der Waals surface area contributed by atoms with E-state index in [-0.39, 0.29) is 4.48 Å². The van der Waals surface area contributed by atoms with Crippen LogP contribution >= 0.6 is 0 Å². The number of quaternary nitrogens is 1. The summed E-state index contributed by atoms with van der Waals surface area (Å²) in [5, 5.41) is 0. The van der Waals surface area contributed by atoms with Gasteiger partial charge in [-0.3, -0.25) is 0 Å². The second-order valence-electron chi connectivity index (χ2n) is 3.90. The van der Waals surface area contributed by atoms with Crippen LogP contribution in [0.3, 0.4) is 0 Å². The van der Waals surface area contributed by atoms with Crippen LogP contribution in [0.5, 0.6) is 0 Å². The standard InChI is InChI=1S/C8H15F3N/c1-12(7-8(9,10)11)5-3-2-4-6-12/h2-7H2,1H3/q+1. The zero-order chi connectivity index (χ0) is 9.24. The fourth-order valence-corrected chi connectivity index (χ4v) is 1.87. The Bertz CT molecular complexity index is 147. The van der Waals surface area contributed by atoms with E-state index in [1.54, 1.807) is 7.05 Å². The van der Waals surface area contributed by atoms with E-state index in [1.165, 1.54) is 0 Å². The summed E-state index contributed by atoms with van der Waals surface area (Å²) >= 11 is 0. The minimum atomic E-state index is -4.01. The molecule has 72 valence electrons. The molecule has 1 nitrogen and oxygen atoms in total. The highest BCUT2D eigenvalue weighted by Crippen LogP contribution is 2.24. The van der Waals surface area contributed by atoms with Gasteiger partial charge in [-0.2, -0.15) is 13.2 Å². The summed E-state index contributed by atoms with van der Waals surface area (Å²) in [6.07, 6.45) is -1.04. The van der Waals surface area contributed by atoms with Gasteiger partial charge in [0.1, 0.15) is 0 Å². The Hall–Kier alpha value is -0.250. The number of halogens is 3. The normalized spacial score (nSPS) is 24.0.